The SMILES string of the molecule is CCOC(=O)CSC=C(C(=O)OCC)c1ccncc1. The zero-order chi connectivity index (χ0) is 14.8. The predicted octanol–water partition coefficient (Wildman–Crippen LogP) is 2.28. The van der Waals surface area contributed by atoms with Gasteiger partial charge < -0.3 is 9.47 Å². The second-order valence-electron chi connectivity index (χ2n) is 3.60. The number of ether oxygens (including phenoxy) is 2. The molecule has 0 saturated heterocycles. The number of aromatic nitrogens is 1. The minimum atomic E-state index is -0.421. The molecule has 0 unspecified atom stereocenters. The highest BCUT2D eigenvalue weighted by atomic mass is 32.2. The predicted molar refractivity (Wildman–Crippen MR) is 77.9 cm³/mol. The third-order valence-electron chi connectivity index (χ3n) is 2.19. The molecule has 1 aromatic rings. The van der Waals surface area contributed by atoms with Crippen molar-refractivity contribution in [2.75, 3.05) is 19.0 Å². The van der Waals surface area contributed by atoms with Crippen molar-refractivity contribution < 1.29 is 19.1 Å². The first-order valence-corrected chi connectivity index (χ1v) is 7.28. The standard InChI is InChI=1S/C14H17NO4S/c1-3-18-13(16)10-20-9-12(14(17)19-4-2)11-5-7-15-8-6-11/h5-9H,3-4,10H2,1-2H3. The number of hydrogen-bond acceptors (Lipinski definition) is 6. The summed E-state index contributed by atoms with van der Waals surface area (Å²) in [5.41, 5.74) is 1.11. The van der Waals surface area contributed by atoms with E-state index < -0.39 is 5.97 Å². The first-order chi connectivity index (χ1) is 9.69. The highest BCUT2D eigenvalue weighted by molar-refractivity contribution is 8.02. The van der Waals surface area contributed by atoms with Crippen LogP contribution in [0.3, 0.4) is 0 Å². The molecule has 5 nitrogen and oxygen atoms in total. The van der Waals surface area contributed by atoms with E-state index in [0.717, 1.165) is 0 Å². The van der Waals surface area contributed by atoms with Gasteiger partial charge in [-0.3, -0.25) is 9.78 Å². The van der Waals surface area contributed by atoms with Gasteiger partial charge in [0, 0.05) is 12.4 Å². The summed E-state index contributed by atoms with van der Waals surface area (Å²) < 4.78 is 9.83. The lowest BCUT2D eigenvalue weighted by Gasteiger charge is -2.07. The lowest BCUT2D eigenvalue weighted by Crippen LogP contribution is -2.08. The monoisotopic (exact) mass is 295 g/mol. The number of hydrogen-bond donors (Lipinski definition) is 0. The Morgan fingerprint density at radius 1 is 1.20 bits per heavy atom. The van der Waals surface area contributed by atoms with Crippen LogP contribution in [0.25, 0.3) is 5.57 Å². The fraction of sp³-hybridized carbons (Fsp3) is 0.357. The van der Waals surface area contributed by atoms with E-state index in [-0.39, 0.29) is 11.7 Å². The Balaban J connectivity index is 2.78. The van der Waals surface area contributed by atoms with E-state index in [2.05, 4.69) is 4.98 Å². The molecule has 1 rings (SSSR count). The van der Waals surface area contributed by atoms with E-state index in [9.17, 15) is 9.59 Å². The summed E-state index contributed by atoms with van der Waals surface area (Å²) >= 11 is 1.20. The van der Waals surface area contributed by atoms with Gasteiger partial charge in [-0.15, -0.1) is 11.8 Å². The number of carbonyl (C=O) groups is 2. The first-order valence-electron chi connectivity index (χ1n) is 6.24. The molecule has 0 fully saturated rings. The van der Waals surface area contributed by atoms with Crippen LogP contribution in [0.4, 0.5) is 0 Å². The molecule has 1 aromatic heterocycles. The zero-order valence-electron chi connectivity index (χ0n) is 11.5. The van der Waals surface area contributed by atoms with Crippen LogP contribution in [0.5, 0.6) is 0 Å². The van der Waals surface area contributed by atoms with Crippen molar-refractivity contribution in [3.05, 3.63) is 35.5 Å². The maximum absolute atomic E-state index is 11.9. The van der Waals surface area contributed by atoms with Crippen molar-refractivity contribution in [3.63, 3.8) is 0 Å². The van der Waals surface area contributed by atoms with Crippen molar-refractivity contribution in [2.45, 2.75) is 13.8 Å². The van der Waals surface area contributed by atoms with Crippen LogP contribution in [0.2, 0.25) is 0 Å². The number of rotatable bonds is 7. The maximum atomic E-state index is 11.9. The Morgan fingerprint density at radius 2 is 1.85 bits per heavy atom. The van der Waals surface area contributed by atoms with Gasteiger partial charge in [0.25, 0.3) is 0 Å². The Kier molecular flexibility index (Phi) is 7.42. The Morgan fingerprint density at radius 3 is 2.45 bits per heavy atom. The van der Waals surface area contributed by atoms with Crippen LogP contribution in [0.15, 0.2) is 29.9 Å². The summed E-state index contributed by atoms with van der Waals surface area (Å²) in [6.45, 7) is 4.13. The average Bonchev–Trinajstić information content (AvgIpc) is 2.45. The molecule has 0 saturated carbocycles. The lowest BCUT2D eigenvalue weighted by atomic mass is 10.1. The second-order valence-corrected chi connectivity index (χ2v) is 4.46. The molecule has 0 amide bonds. The molecule has 0 aliphatic carbocycles. The lowest BCUT2D eigenvalue weighted by molar-refractivity contribution is -0.140. The van der Waals surface area contributed by atoms with E-state index in [1.165, 1.54) is 11.8 Å². The van der Waals surface area contributed by atoms with Gasteiger partial charge in [-0.05, 0) is 37.0 Å². The number of carbonyl (C=O) groups excluding carboxylic acids is 2. The van der Waals surface area contributed by atoms with E-state index in [0.29, 0.717) is 24.4 Å². The molecule has 0 atom stereocenters. The molecule has 0 aliphatic rings. The third-order valence-corrected chi connectivity index (χ3v) is 3.00. The van der Waals surface area contributed by atoms with Crippen molar-refractivity contribution in [3.8, 4) is 0 Å². The van der Waals surface area contributed by atoms with Gasteiger partial charge in [0.1, 0.15) is 0 Å². The Hall–Kier alpha value is -1.82. The Labute approximate surface area is 122 Å². The number of thioether (sulfide) groups is 1. The summed E-state index contributed by atoms with van der Waals surface area (Å²) in [7, 11) is 0. The molecule has 20 heavy (non-hydrogen) atoms. The molecular formula is C14H17NO4S. The van der Waals surface area contributed by atoms with E-state index in [1.54, 1.807) is 43.8 Å². The molecule has 0 aliphatic heterocycles. The van der Waals surface area contributed by atoms with E-state index in [4.69, 9.17) is 9.47 Å². The molecule has 6 heteroatoms. The molecular weight excluding hydrogens is 278 g/mol. The fourth-order valence-electron chi connectivity index (χ4n) is 1.37. The van der Waals surface area contributed by atoms with Crippen LogP contribution in [0.1, 0.15) is 19.4 Å². The molecule has 0 radical (unpaired) electrons. The van der Waals surface area contributed by atoms with Crippen LogP contribution in [-0.4, -0.2) is 35.9 Å². The summed E-state index contributed by atoms with van der Waals surface area (Å²) in [6.07, 6.45) is 3.19. The quantitative estimate of drug-likeness (QED) is 0.568. The first kappa shape index (κ1) is 16.2. The largest absolute Gasteiger partial charge is 0.465 e. The van der Waals surface area contributed by atoms with Crippen molar-refractivity contribution >= 4 is 29.3 Å². The van der Waals surface area contributed by atoms with Crippen LogP contribution < -0.4 is 0 Å². The Bertz CT molecular complexity index is 473. The minimum Gasteiger partial charge on any atom is -0.465 e. The zero-order valence-corrected chi connectivity index (χ0v) is 12.3. The van der Waals surface area contributed by atoms with Gasteiger partial charge >= 0.3 is 11.9 Å². The van der Waals surface area contributed by atoms with Gasteiger partial charge in [0.05, 0.1) is 24.5 Å². The van der Waals surface area contributed by atoms with Gasteiger partial charge in [-0.2, -0.15) is 0 Å². The van der Waals surface area contributed by atoms with Gasteiger partial charge in [-0.25, -0.2) is 4.79 Å². The van der Waals surface area contributed by atoms with Crippen LogP contribution in [-0.2, 0) is 19.1 Å². The topological polar surface area (TPSA) is 65.5 Å². The van der Waals surface area contributed by atoms with E-state index in [1.807, 2.05) is 0 Å². The number of pyridine rings is 1. The third kappa shape index (κ3) is 5.44. The maximum Gasteiger partial charge on any atom is 0.339 e. The smallest absolute Gasteiger partial charge is 0.339 e. The molecule has 108 valence electrons. The second kappa shape index (κ2) is 9.14. The van der Waals surface area contributed by atoms with Gasteiger partial charge in [0.2, 0.25) is 0 Å². The summed E-state index contributed by atoms with van der Waals surface area (Å²) in [4.78, 5) is 27.1. The minimum absolute atomic E-state index is 0.155. The van der Waals surface area contributed by atoms with Crippen molar-refractivity contribution in [1.82, 2.24) is 4.98 Å². The molecule has 1 heterocycles. The number of nitrogens with zero attached hydrogens (tertiary/aromatic N) is 1. The van der Waals surface area contributed by atoms with Crippen molar-refractivity contribution in [1.29, 1.82) is 0 Å². The summed E-state index contributed by atoms with van der Waals surface area (Å²) in [5.74, 6) is -0.580. The van der Waals surface area contributed by atoms with Gasteiger partial charge in [-0.1, -0.05) is 0 Å². The fourth-order valence-corrected chi connectivity index (χ4v) is 2.07. The van der Waals surface area contributed by atoms with Crippen LogP contribution in [0, 0.1) is 0 Å². The van der Waals surface area contributed by atoms with Gasteiger partial charge in [0.15, 0.2) is 0 Å². The summed E-state index contributed by atoms with van der Waals surface area (Å²) in [5, 5.41) is 1.62. The summed E-state index contributed by atoms with van der Waals surface area (Å²) in [6, 6.07) is 3.43. The molecule has 0 bridgehead atoms. The molecule has 0 N–H and O–H groups in total. The highest BCUT2D eigenvalue weighted by Gasteiger charge is 2.13. The average molecular weight is 295 g/mol. The number of esters is 2. The van der Waals surface area contributed by atoms with Crippen LogP contribution >= 0.6 is 11.8 Å². The molecule has 0 spiro atoms. The normalized spacial score (nSPS) is 11.0. The highest BCUT2D eigenvalue weighted by Crippen LogP contribution is 2.20. The van der Waals surface area contributed by atoms with Crippen molar-refractivity contribution in [2.24, 2.45) is 0 Å². The van der Waals surface area contributed by atoms with E-state index >= 15 is 0 Å². The molecule has 0 aromatic carbocycles.